The van der Waals surface area contributed by atoms with Crippen LogP contribution in [0.4, 0.5) is 0 Å². The number of aliphatic imine (C=N–C) groups is 1. The SMILES string of the molecule is C=C(C)/C(=C\N=CC(C)CC)CC(C)C. The van der Waals surface area contributed by atoms with E-state index in [1.165, 1.54) is 5.57 Å². The van der Waals surface area contributed by atoms with Crippen molar-refractivity contribution in [3.05, 3.63) is 23.9 Å². The van der Waals surface area contributed by atoms with E-state index in [0.717, 1.165) is 18.4 Å². The zero-order chi connectivity index (χ0) is 11.8. The predicted octanol–water partition coefficient (Wildman–Crippen LogP) is 4.61. The third-order valence-electron chi connectivity index (χ3n) is 2.39. The van der Waals surface area contributed by atoms with Crippen molar-refractivity contribution >= 4 is 6.21 Å². The Morgan fingerprint density at radius 1 is 1.33 bits per heavy atom. The van der Waals surface area contributed by atoms with Gasteiger partial charge in [-0.25, -0.2) is 0 Å². The molecule has 0 N–H and O–H groups in total. The zero-order valence-corrected chi connectivity index (χ0v) is 10.9. The van der Waals surface area contributed by atoms with Crippen LogP contribution in [0.15, 0.2) is 28.9 Å². The summed E-state index contributed by atoms with van der Waals surface area (Å²) in [6.45, 7) is 14.8. The number of rotatable bonds is 6. The van der Waals surface area contributed by atoms with E-state index >= 15 is 0 Å². The summed E-state index contributed by atoms with van der Waals surface area (Å²) in [6, 6.07) is 0. The van der Waals surface area contributed by atoms with Crippen LogP contribution in [0.25, 0.3) is 0 Å². The van der Waals surface area contributed by atoms with Crippen molar-refractivity contribution in [1.82, 2.24) is 0 Å². The average Bonchev–Trinajstić information content (AvgIpc) is 2.15. The molecule has 0 fully saturated rings. The number of nitrogens with zero attached hydrogens (tertiary/aromatic N) is 1. The highest BCUT2D eigenvalue weighted by Crippen LogP contribution is 2.17. The lowest BCUT2D eigenvalue weighted by Crippen LogP contribution is -1.94. The Morgan fingerprint density at radius 3 is 2.33 bits per heavy atom. The third kappa shape index (κ3) is 7.12. The Bertz CT molecular complexity index is 246. The monoisotopic (exact) mass is 207 g/mol. The van der Waals surface area contributed by atoms with Gasteiger partial charge < -0.3 is 0 Å². The van der Waals surface area contributed by atoms with Crippen LogP contribution in [0.2, 0.25) is 0 Å². The first-order valence-electron chi connectivity index (χ1n) is 5.85. The van der Waals surface area contributed by atoms with Crippen LogP contribution in [0.5, 0.6) is 0 Å². The van der Waals surface area contributed by atoms with E-state index in [1.807, 2.05) is 19.3 Å². The zero-order valence-electron chi connectivity index (χ0n) is 10.9. The Balaban J connectivity index is 4.42. The van der Waals surface area contributed by atoms with Gasteiger partial charge in [-0.3, -0.25) is 4.99 Å². The molecule has 1 unspecified atom stereocenters. The van der Waals surface area contributed by atoms with Crippen molar-refractivity contribution in [3.63, 3.8) is 0 Å². The number of allylic oxidation sites excluding steroid dienone is 2. The van der Waals surface area contributed by atoms with Crippen molar-refractivity contribution < 1.29 is 0 Å². The summed E-state index contributed by atoms with van der Waals surface area (Å²) in [7, 11) is 0. The summed E-state index contributed by atoms with van der Waals surface area (Å²) in [5.41, 5.74) is 2.40. The van der Waals surface area contributed by atoms with Gasteiger partial charge in [0.05, 0.1) is 0 Å². The molecule has 0 rings (SSSR count). The highest BCUT2D eigenvalue weighted by molar-refractivity contribution is 5.61. The maximum absolute atomic E-state index is 4.37. The van der Waals surface area contributed by atoms with Gasteiger partial charge in [-0.05, 0) is 37.2 Å². The van der Waals surface area contributed by atoms with E-state index in [4.69, 9.17) is 0 Å². The van der Waals surface area contributed by atoms with Gasteiger partial charge in [0.1, 0.15) is 0 Å². The van der Waals surface area contributed by atoms with Crippen molar-refractivity contribution in [2.45, 2.75) is 47.5 Å². The van der Waals surface area contributed by atoms with E-state index in [9.17, 15) is 0 Å². The molecule has 0 aromatic heterocycles. The number of hydrogen-bond acceptors (Lipinski definition) is 1. The van der Waals surface area contributed by atoms with Crippen molar-refractivity contribution in [3.8, 4) is 0 Å². The molecule has 0 heterocycles. The second-order valence-electron chi connectivity index (χ2n) is 4.72. The summed E-state index contributed by atoms with van der Waals surface area (Å²) < 4.78 is 0. The Morgan fingerprint density at radius 2 is 1.93 bits per heavy atom. The quantitative estimate of drug-likeness (QED) is 0.445. The maximum Gasteiger partial charge on any atom is 0.0298 e. The smallest absolute Gasteiger partial charge is 0.0298 e. The largest absolute Gasteiger partial charge is 0.269 e. The van der Waals surface area contributed by atoms with E-state index in [0.29, 0.717) is 11.8 Å². The molecule has 0 aromatic carbocycles. The lowest BCUT2D eigenvalue weighted by atomic mass is 9.99. The first-order valence-corrected chi connectivity index (χ1v) is 5.85. The first-order chi connectivity index (χ1) is 6.97. The maximum atomic E-state index is 4.37. The Labute approximate surface area is 95.0 Å². The predicted molar refractivity (Wildman–Crippen MR) is 70.3 cm³/mol. The molecule has 0 amide bonds. The molecule has 0 aliphatic carbocycles. The van der Waals surface area contributed by atoms with E-state index in [2.05, 4.69) is 39.3 Å². The molecular formula is C14H25N. The summed E-state index contributed by atoms with van der Waals surface area (Å²) in [6.07, 6.45) is 6.19. The van der Waals surface area contributed by atoms with Crippen LogP contribution in [-0.2, 0) is 0 Å². The van der Waals surface area contributed by atoms with Crippen molar-refractivity contribution in [2.24, 2.45) is 16.8 Å². The summed E-state index contributed by atoms with van der Waals surface area (Å²) in [4.78, 5) is 4.37. The highest BCUT2D eigenvalue weighted by atomic mass is 14.7. The normalized spacial score (nSPS) is 14.9. The van der Waals surface area contributed by atoms with Gasteiger partial charge >= 0.3 is 0 Å². The molecule has 86 valence electrons. The van der Waals surface area contributed by atoms with Crippen LogP contribution in [0, 0.1) is 11.8 Å². The second-order valence-corrected chi connectivity index (χ2v) is 4.72. The molecular weight excluding hydrogens is 182 g/mol. The van der Waals surface area contributed by atoms with Crippen molar-refractivity contribution in [1.29, 1.82) is 0 Å². The summed E-state index contributed by atoms with van der Waals surface area (Å²) >= 11 is 0. The van der Waals surface area contributed by atoms with Crippen LogP contribution >= 0.6 is 0 Å². The average molecular weight is 207 g/mol. The van der Waals surface area contributed by atoms with E-state index < -0.39 is 0 Å². The van der Waals surface area contributed by atoms with Gasteiger partial charge in [0.25, 0.3) is 0 Å². The summed E-state index contributed by atoms with van der Waals surface area (Å²) in [5.74, 6) is 1.22. The number of hydrogen-bond donors (Lipinski definition) is 0. The second kappa shape index (κ2) is 7.44. The van der Waals surface area contributed by atoms with Crippen molar-refractivity contribution in [2.75, 3.05) is 0 Å². The highest BCUT2D eigenvalue weighted by Gasteiger charge is 2.01. The summed E-state index contributed by atoms with van der Waals surface area (Å²) in [5, 5.41) is 0. The molecule has 0 aliphatic rings. The minimum atomic E-state index is 0.562. The Kier molecular flexibility index (Phi) is 7.02. The fraction of sp³-hybridized carbons (Fsp3) is 0.643. The Hall–Kier alpha value is -0.850. The molecule has 1 heteroatoms. The van der Waals surface area contributed by atoms with Crippen LogP contribution < -0.4 is 0 Å². The van der Waals surface area contributed by atoms with Crippen LogP contribution in [0.1, 0.15) is 47.5 Å². The molecule has 15 heavy (non-hydrogen) atoms. The van der Waals surface area contributed by atoms with Gasteiger partial charge in [-0.1, -0.05) is 39.8 Å². The third-order valence-corrected chi connectivity index (χ3v) is 2.39. The molecule has 1 atom stereocenters. The fourth-order valence-corrected chi connectivity index (χ4v) is 1.16. The van der Waals surface area contributed by atoms with Gasteiger partial charge in [0.15, 0.2) is 0 Å². The molecule has 0 aliphatic heterocycles. The molecule has 0 spiro atoms. The molecule has 0 saturated carbocycles. The topological polar surface area (TPSA) is 12.4 Å². The van der Waals surface area contributed by atoms with Gasteiger partial charge in [-0.2, -0.15) is 0 Å². The molecule has 0 bridgehead atoms. The lowest BCUT2D eigenvalue weighted by molar-refractivity contribution is 0.645. The van der Waals surface area contributed by atoms with Gasteiger partial charge in [0, 0.05) is 12.4 Å². The van der Waals surface area contributed by atoms with E-state index in [1.54, 1.807) is 0 Å². The van der Waals surface area contributed by atoms with Gasteiger partial charge in [-0.15, -0.1) is 0 Å². The fourth-order valence-electron chi connectivity index (χ4n) is 1.16. The van der Waals surface area contributed by atoms with Gasteiger partial charge in [0.2, 0.25) is 0 Å². The van der Waals surface area contributed by atoms with E-state index in [-0.39, 0.29) is 0 Å². The minimum absolute atomic E-state index is 0.562. The minimum Gasteiger partial charge on any atom is -0.269 e. The first kappa shape index (κ1) is 14.2. The lowest BCUT2D eigenvalue weighted by Gasteiger charge is -2.08. The molecule has 0 aromatic rings. The van der Waals surface area contributed by atoms with Crippen LogP contribution in [0.3, 0.4) is 0 Å². The van der Waals surface area contributed by atoms with Crippen LogP contribution in [-0.4, -0.2) is 6.21 Å². The molecule has 0 radical (unpaired) electrons. The molecule has 1 nitrogen and oxygen atoms in total. The standard InChI is InChI=1S/C14H25N/c1-7-13(6)9-15-10-14(12(4)5)8-11(2)3/h9-11,13H,4,7-8H2,1-3,5-6H3/b14-10-,15-9?. The molecule has 0 saturated heterocycles.